The Hall–Kier alpha value is -0.130. The molecule has 0 rings (SSSR count). The van der Waals surface area contributed by atoms with Crippen LogP contribution in [0.15, 0.2) is 0 Å². The van der Waals surface area contributed by atoms with Crippen LogP contribution in [-0.2, 0) is 10.1 Å². The van der Waals surface area contributed by atoms with Gasteiger partial charge in [-0.3, -0.25) is 4.55 Å². The van der Waals surface area contributed by atoms with Crippen molar-refractivity contribution in [1.82, 2.24) is 0 Å². The van der Waals surface area contributed by atoms with E-state index in [9.17, 15) is 13.5 Å². The van der Waals surface area contributed by atoms with E-state index in [2.05, 4.69) is 6.92 Å². The molecule has 0 aromatic rings. The molecule has 2 unspecified atom stereocenters. The summed E-state index contributed by atoms with van der Waals surface area (Å²) < 4.78 is 31.0. The van der Waals surface area contributed by atoms with Gasteiger partial charge in [-0.1, -0.05) is 52.4 Å². The van der Waals surface area contributed by atoms with Gasteiger partial charge in [-0.2, -0.15) is 8.42 Å². The number of aliphatic hydroxyl groups is 1. The molecule has 4 nitrogen and oxygen atoms in total. The molecule has 0 aliphatic rings. The summed E-state index contributed by atoms with van der Waals surface area (Å²) in [4.78, 5) is 0. The Kier molecular flexibility index (Phi) is 10.6. The van der Waals surface area contributed by atoms with Crippen LogP contribution < -0.4 is 0 Å². The predicted molar refractivity (Wildman–Crippen MR) is 78.9 cm³/mol. The highest BCUT2D eigenvalue weighted by Gasteiger charge is 2.19. The van der Waals surface area contributed by atoms with Gasteiger partial charge in [0.25, 0.3) is 10.1 Å². The fraction of sp³-hybridized carbons (Fsp3) is 1.00. The van der Waals surface area contributed by atoms with Gasteiger partial charge in [-0.05, 0) is 25.7 Å². The van der Waals surface area contributed by atoms with Gasteiger partial charge in [-0.15, -0.1) is 0 Å². The van der Waals surface area contributed by atoms with Crippen molar-refractivity contribution in [3.63, 3.8) is 0 Å². The lowest BCUT2D eigenvalue weighted by atomic mass is 10.0. The number of hydrogen-bond acceptors (Lipinski definition) is 3. The molecule has 2 N–H and O–H groups in total. The third-order valence-corrected chi connectivity index (χ3v) is 4.99. The maximum Gasteiger partial charge on any atom is 0.267 e. The van der Waals surface area contributed by atoms with E-state index in [-0.39, 0.29) is 6.10 Å². The lowest BCUT2D eigenvalue weighted by Crippen LogP contribution is -2.19. The summed E-state index contributed by atoms with van der Waals surface area (Å²) in [6.45, 7) is 3.92. The van der Waals surface area contributed by atoms with E-state index in [1.54, 1.807) is 6.92 Å². The Labute approximate surface area is 118 Å². The van der Waals surface area contributed by atoms with Crippen molar-refractivity contribution in [3.8, 4) is 0 Å². The molecule has 0 fully saturated rings. The van der Waals surface area contributed by atoms with Crippen molar-refractivity contribution >= 4 is 10.1 Å². The molecule has 0 heterocycles. The van der Waals surface area contributed by atoms with E-state index in [0.717, 1.165) is 38.5 Å². The Balaban J connectivity index is 3.59. The molecule has 0 bridgehead atoms. The van der Waals surface area contributed by atoms with Gasteiger partial charge in [0.1, 0.15) is 0 Å². The molecule has 0 amide bonds. The standard InChI is InChI=1S/C14H30O4S/c1-3-5-7-10-13(15)11-8-6-9-12-14(4-2)19(16,17)18/h13-15H,3-12H2,1-2H3,(H,16,17,18). The number of hydrogen-bond donors (Lipinski definition) is 2. The van der Waals surface area contributed by atoms with Crippen LogP contribution in [0, 0.1) is 0 Å². The van der Waals surface area contributed by atoms with Gasteiger partial charge in [0.05, 0.1) is 11.4 Å². The predicted octanol–water partition coefficient (Wildman–Crippen LogP) is 3.54. The normalized spacial score (nSPS) is 15.4. The van der Waals surface area contributed by atoms with Gasteiger partial charge >= 0.3 is 0 Å². The molecule has 2 atom stereocenters. The molecule has 0 aromatic heterocycles. The van der Waals surface area contributed by atoms with E-state index in [1.807, 2.05) is 0 Å². The third kappa shape index (κ3) is 10.3. The van der Waals surface area contributed by atoms with Crippen molar-refractivity contribution in [2.45, 2.75) is 89.4 Å². The molecule has 19 heavy (non-hydrogen) atoms. The summed E-state index contributed by atoms with van der Waals surface area (Å²) in [6, 6.07) is 0. The molecule has 0 aromatic carbocycles. The fourth-order valence-corrected chi connectivity index (χ4v) is 3.15. The van der Waals surface area contributed by atoms with Crippen LogP contribution in [0.25, 0.3) is 0 Å². The summed E-state index contributed by atoms with van der Waals surface area (Å²) in [7, 11) is -3.88. The molecular weight excluding hydrogens is 264 g/mol. The third-order valence-electron chi connectivity index (χ3n) is 3.58. The maximum atomic E-state index is 11.0. The highest BCUT2D eigenvalue weighted by molar-refractivity contribution is 7.86. The van der Waals surface area contributed by atoms with Crippen molar-refractivity contribution in [2.24, 2.45) is 0 Å². The zero-order valence-corrected chi connectivity index (χ0v) is 13.2. The minimum absolute atomic E-state index is 0.213. The van der Waals surface area contributed by atoms with Crippen LogP contribution >= 0.6 is 0 Å². The van der Waals surface area contributed by atoms with Gasteiger partial charge in [-0.25, -0.2) is 0 Å². The summed E-state index contributed by atoms with van der Waals surface area (Å²) in [5, 5.41) is 9.10. The Bertz CT molecular complexity index is 301. The largest absolute Gasteiger partial charge is 0.393 e. The molecule has 0 radical (unpaired) electrons. The summed E-state index contributed by atoms with van der Waals surface area (Å²) >= 11 is 0. The van der Waals surface area contributed by atoms with Crippen molar-refractivity contribution < 1.29 is 18.1 Å². The van der Waals surface area contributed by atoms with Crippen molar-refractivity contribution in [2.75, 3.05) is 0 Å². The zero-order chi connectivity index (χ0) is 14.7. The highest BCUT2D eigenvalue weighted by Crippen LogP contribution is 2.16. The minimum atomic E-state index is -3.88. The van der Waals surface area contributed by atoms with Gasteiger partial charge < -0.3 is 5.11 Å². The quantitative estimate of drug-likeness (QED) is 0.426. The first-order chi connectivity index (χ1) is 8.91. The molecule has 0 aliphatic carbocycles. The van der Waals surface area contributed by atoms with Crippen LogP contribution in [0.5, 0.6) is 0 Å². The molecule has 0 saturated heterocycles. The van der Waals surface area contributed by atoms with Crippen LogP contribution in [0.1, 0.15) is 78.1 Å². The summed E-state index contributed by atoms with van der Waals surface area (Å²) in [5.41, 5.74) is 0. The number of unbranched alkanes of at least 4 members (excludes halogenated alkanes) is 4. The zero-order valence-electron chi connectivity index (χ0n) is 12.3. The minimum Gasteiger partial charge on any atom is -0.393 e. The van der Waals surface area contributed by atoms with Crippen LogP contribution in [0.3, 0.4) is 0 Å². The number of aliphatic hydroxyl groups excluding tert-OH is 1. The van der Waals surface area contributed by atoms with E-state index in [1.165, 1.54) is 12.8 Å². The topological polar surface area (TPSA) is 74.6 Å². The molecule has 5 heteroatoms. The van der Waals surface area contributed by atoms with E-state index >= 15 is 0 Å². The average Bonchev–Trinajstić information content (AvgIpc) is 2.32. The first-order valence-electron chi connectivity index (χ1n) is 7.56. The lowest BCUT2D eigenvalue weighted by molar-refractivity contribution is 0.147. The lowest BCUT2D eigenvalue weighted by Gasteiger charge is -2.12. The van der Waals surface area contributed by atoms with Gasteiger partial charge in [0, 0.05) is 0 Å². The van der Waals surface area contributed by atoms with Crippen LogP contribution in [-0.4, -0.2) is 29.4 Å². The average molecular weight is 294 g/mol. The summed E-state index contributed by atoms with van der Waals surface area (Å²) in [6.07, 6.45) is 8.48. The second-order valence-corrected chi connectivity index (χ2v) is 7.03. The van der Waals surface area contributed by atoms with Gasteiger partial charge in [0.15, 0.2) is 0 Å². The first-order valence-corrected chi connectivity index (χ1v) is 9.06. The highest BCUT2D eigenvalue weighted by atomic mass is 32.2. The maximum absolute atomic E-state index is 11.0. The SMILES string of the molecule is CCCCCC(O)CCCCCC(CC)S(=O)(=O)O. The van der Waals surface area contributed by atoms with Crippen molar-refractivity contribution in [1.29, 1.82) is 0 Å². The molecular formula is C14H30O4S. The van der Waals surface area contributed by atoms with Crippen molar-refractivity contribution in [3.05, 3.63) is 0 Å². The fourth-order valence-electron chi connectivity index (χ4n) is 2.27. The smallest absolute Gasteiger partial charge is 0.267 e. The Morgan fingerprint density at radius 3 is 1.89 bits per heavy atom. The van der Waals surface area contributed by atoms with E-state index in [4.69, 9.17) is 4.55 Å². The second kappa shape index (κ2) is 10.6. The molecule has 0 spiro atoms. The molecule has 116 valence electrons. The number of rotatable bonds is 12. The van der Waals surface area contributed by atoms with E-state index in [0.29, 0.717) is 12.8 Å². The first kappa shape index (κ1) is 18.9. The Morgan fingerprint density at radius 2 is 1.42 bits per heavy atom. The summed E-state index contributed by atoms with van der Waals surface area (Å²) in [5.74, 6) is 0. The van der Waals surface area contributed by atoms with Crippen LogP contribution in [0.4, 0.5) is 0 Å². The molecule has 0 aliphatic heterocycles. The van der Waals surface area contributed by atoms with Crippen LogP contribution in [0.2, 0.25) is 0 Å². The monoisotopic (exact) mass is 294 g/mol. The second-order valence-electron chi connectivity index (χ2n) is 5.33. The molecule has 0 saturated carbocycles. The Morgan fingerprint density at radius 1 is 0.895 bits per heavy atom. The van der Waals surface area contributed by atoms with Gasteiger partial charge in [0.2, 0.25) is 0 Å². The van der Waals surface area contributed by atoms with E-state index < -0.39 is 15.4 Å².